The topological polar surface area (TPSA) is 72.2 Å². The number of aromatic nitrogens is 3. The van der Waals surface area contributed by atoms with Crippen LogP contribution >= 0.6 is 15.9 Å². The number of hydrogen-bond donors (Lipinski definition) is 2. The van der Waals surface area contributed by atoms with Crippen LogP contribution in [0, 0.1) is 20.8 Å². The van der Waals surface area contributed by atoms with Gasteiger partial charge in [-0.05, 0) is 74.5 Å². The molecule has 2 aromatic heterocycles. The maximum atomic E-state index is 8.88. The summed E-state index contributed by atoms with van der Waals surface area (Å²) in [4.78, 5) is 9.45. The van der Waals surface area contributed by atoms with Gasteiger partial charge in [-0.2, -0.15) is 4.98 Å². The van der Waals surface area contributed by atoms with E-state index in [0.717, 1.165) is 53.1 Å². The van der Waals surface area contributed by atoms with Gasteiger partial charge in [0.25, 0.3) is 0 Å². The summed E-state index contributed by atoms with van der Waals surface area (Å²) in [6, 6.07) is 4.53. The number of rotatable bonds is 6. The Morgan fingerprint density at radius 1 is 1.15 bits per heavy atom. The molecule has 0 amide bonds. The van der Waals surface area contributed by atoms with Gasteiger partial charge in [0.1, 0.15) is 5.82 Å². The Balaban J connectivity index is 1.74. The van der Waals surface area contributed by atoms with E-state index in [-0.39, 0.29) is 12.7 Å². The fourth-order valence-corrected chi connectivity index (χ4v) is 3.80. The van der Waals surface area contributed by atoms with Gasteiger partial charge in [0.15, 0.2) is 0 Å². The molecule has 1 aliphatic rings. The zero-order chi connectivity index (χ0) is 18.7. The Kier molecular flexibility index (Phi) is 6.32. The fraction of sp³-hybridized carbons (Fsp3) is 0.579. The first-order valence-corrected chi connectivity index (χ1v) is 9.97. The second-order valence-electron chi connectivity index (χ2n) is 6.94. The van der Waals surface area contributed by atoms with Crippen LogP contribution in [0.1, 0.15) is 42.8 Å². The van der Waals surface area contributed by atoms with Crippen LogP contribution in [0.15, 0.2) is 16.6 Å². The quantitative estimate of drug-likeness (QED) is 0.742. The number of aliphatic hydroxyl groups is 1. The van der Waals surface area contributed by atoms with Crippen molar-refractivity contribution in [3.63, 3.8) is 0 Å². The average Bonchev–Trinajstić information content (AvgIpc) is 2.96. The van der Waals surface area contributed by atoms with Gasteiger partial charge in [-0.25, -0.2) is 4.98 Å². The summed E-state index contributed by atoms with van der Waals surface area (Å²) in [5.74, 6) is 1.55. The Hall–Kier alpha value is -1.44. The second kappa shape index (κ2) is 8.50. The van der Waals surface area contributed by atoms with Crippen molar-refractivity contribution in [3.8, 4) is 5.95 Å². The number of nitrogens with zero attached hydrogens (tertiary/aromatic N) is 3. The summed E-state index contributed by atoms with van der Waals surface area (Å²) >= 11 is 3.64. The fourth-order valence-electron chi connectivity index (χ4n) is 3.51. The first-order valence-electron chi connectivity index (χ1n) is 9.18. The normalized spacial score (nSPS) is 20.3. The third-order valence-electron chi connectivity index (χ3n) is 4.94. The van der Waals surface area contributed by atoms with E-state index in [9.17, 15) is 0 Å². The molecule has 0 spiro atoms. The molecule has 0 atom stereocenters. The summed E-state index contributed by atoms with van der Waals surface area (Å²) in [6.07, 6.45) is 4.33. The number of anilines is 1. The minimum absolute atomic E-state index is 0.0896. The molecule has 0 saturated heterocycles. The van der Waals surface area contributed by atoms with Gasteiger partial charge in [0, 0.05) is 17.4 Å². The molecule has 0 unspecified atom stereocenters. The van der Waals surface area contributed by atoms with Crippen LogP contribution < -0.4 is 5.32 Å². The highest BCUT2D eigenvalue weighted by atomic mass is 79.9. The predicted molar refractivity (Wildman–Crippen MR) is 106 cm³/mol. The van der Waals surface area contributed by atoms with Crippen LogP contribution in [-0.2, 0) is 4.74 Å². The van der Waals surface area contributed by atoms with Gasteiger partial charge in [0.2, 0.25) is 5.95 Å². The minimum Gasteiger partial charge on any atom is -0.394 e. The number of ether oxygens (including phenoxy) is 1. The molecule has 0 radical (unpaired) electrons. The molecule has 2 N–H and O–H groups in total. The molecule has 1 saturated carbocycles. The number of aryl methyl sites for hydroxylation is 3. The van der Waals surface area contributed by atoms with Gasteiger partial charge in [0.05, 0.1) is 29.5 Å². The lowest BCUT2D eigenvalue weighted by atomic mass is 9.93. The van der Waals surface area contributed by atoms with Crippen molar-refractivity contribution in [1.29, 1.82) is 0 Å². The molecule has 3 rings (SSSR count). The summed E-state index contributed by atoms with van der Waals surface area (Å²) in [5, 5.41) is 12.5. The zero-order valence-corrected chi connectivity index (χ0v) is 17.2. The van der Waals surface area contributed by atoms with E-state index in [1.807, 2.05) is 6.92 Å². The zero-order valence-electron chi connectivity index (χ0n) is 15.6. The molecular formula is C19H27BrN4O2. The lowest BCUT2D eigenvalue weighted by Crippen LogP contribution is -2.31. The number of nitrogens with one attached hydrogen (secondary N) is 1. The highest BCUT2D eigenvalue weighted by molar-refractivity contribution is 9.10. The van der Waals surface area contributed by atoms with E-state index in [4.69, 9.17) is 14.8 Å². The van der Waals surface area contributed by atoms with E-state index >= 15 is 0 Å². The van der Waals surface area contributed by atoms with Crippen molar-refractivity contribution < 1.29 is 9.84 Å². The van der Waals surface area contributed by atoms with Crippen molar-refractivity contribution in [2.24, 2.45) is 0 Å². The second-order valence-corrected chi connectivity index (χ2v) is 7.73. The number of hydrogen-bond acceptors (Lipinski definition) is 5. The molecule has 6 nitrogen and oxygen atoms in total. The van der Waals surface area contributed by atoms with Gasteiger partial charge in [-0.15, -0.1) is 0 Å². The van der Waals surface area contributed by atoms with Gasteiger partial charge < -0.3 is 15.2 Å². The predicted octanol–water partition coefficient (Wildman–Crippen LogP) is 3.69. The van der Waals surface area contributed by atoms with Crippen LogP contribution in [0.2, 0.25) is 0 Å². The van der Waals surface area contributed by atoms with Crippen molar-refractivity contribution in [2.45, 2.75) is 58.6 Å². The van der Waals surface area contributed by atoms with Gasteiger partial charge in [-0.1, -0.05) is 0 Å². The van der Waals surface area contributed by atoms with E-state index in [2.05, 4.69) is 56.8 Å². The molecule has 2 aromatic rings. The summed E-state index contributed by atoms with van der Waals surface area (Å²) < 4.78 is 8.64. The number of aliphatic hydroxyl groups excluding tert-OH is 1. The monoisotopic (exact) mass is 422 g/mol. The molecule has 0 aromatic carbocycles. The molecule has 1 fully saturated rings. The largest absolute Gasteiger partial charge is 0.394 e. The summed E-state index contributed by atoms with van der Waals surface area (Å²) in [7, 11) is 0. The molecule has 0 aliphatic heterocycles. The molecular weight excluding hydrogens is 396 g/mol. The maximum absolute atomic E-state index is 8.88. The van der Waals surface area contributed by atoms with Crippen LogP contribution in [0.25, 0.3) is 5.95 Å². The molecule has 7 heteroatoms. The number of halogens is 1. The van der Waals surface area contributed by atoms with E-state index < -0.39 is 0 Å². The first-order chi connectivity index (χ1) is 12.5. The molecule has 142 valence electrons. The van der Waals surface area contributed by atoms with Crippen molar-refractivity contribution in [3.05, 3.63) is 33.7 Å². The highest BCUT2D eigenvalue weighted by Crippen LogP contribution is 2.29. The molecule has 0 bridgehead atoms. The first kappa shape index (κ1) is 19.3. The van der Waals surface area contributed by atoms with E-state index in [0.29, 0.717) is 18.6 Å². The van der Waals surface area contributed by atoms with Crippen LogP contribution in [0.3, 0.4) is 0 Å². The standard InChI is InChI=1S/C19H27BrN4O2/c1-12-4-5-13(2)24(12)19-21-14(3)17(20)18(23-19)22-15-6-8-16(9-7-15)26-11-10-25/h4-5,15-16,25H,6-11H2,1-3H3,(H,21,22,23). The van der Waals surface area contributed by atoms with Crippen LogP contribution in [0.4, 0.5) is 5.82 Å². The SMILES string of the molecule is Cc1nc(-n2c(C)ccc2C)nc(NC2CCC(OCCO)CC2)c1Br. The van der Waals surface area contributed by atoms with Crippen molar-refractivity contribution >= 4 is 21.7 Å². The van der Waals surface area contributed by atoms with E-state index in [1.165, 1.54) is 0 Å². The lowest BCUT2D eigenvalue weighted by molar-refractivity contribution is 0.00721. The van der Waals surface area contributed by atoms with E-state index in [1.54, 1.807) is 0 Å². The smallest absolute Gasteiger partial charge is 0.236 e. The van der Waals surface area contributed by atoms with Gasteiger partial charge in [-0.3, -0.25) is 4.57 Å². The summed E-state index contributed by atoms with van der Waals surface area (Å²) in [6.45, 7) is 6.64. The molecule has 26 heavy (non-hydrogen) atoms. The third-order valence-corrected chi connectivity index (χ3v) is 5.89. The Morgan fingerprint density at radius 2 is 1.81 bits per heavy atom. The average molecular weight is 423 g/mol. The molecule has 1 aliphatic carbocycles. The van der Waals surface area contributed by atoms with Crippen LogP contribution in [0.5, 0.6) is 0 Å². The Labute approximate surface area is 163 Å². The van der Waals surface area contributed by atoms with Crippen LogP contribution in [-0.4, -0.2) is 45.0 Å². The van der Waals surface area contributed by atoms with Crippen molar-refractivity contribution in [1.82, 2.24) is 14.5 Å². The Bertz CT molecular complexity index is 735. The maximum Gasteiger partial charge on any atom is 0.236 e. The van der Waals surface area contributed by atoms with Crippen molar-refractivity contribution in [2.75, 3.05) is 18.5 Å². The summed E-state index contributed by atoms with van der Waals surface area (Å²) in [5.41, 5.74) is 3.17. The highest BCUT2D eigenvalue weighted by Gasteiger charge is 2.23. The third kappa shape index (κ3) is 4.27. The Morgan fingerprint density at radius 3 is 2.42 bits per heavy atom. The lowest BCUT2D eigenvalue weighted by Gasteiger charge is -2.29. The van der Waals surface area contributed by atoms with Gasteiger partial charge >= 0.3 is 0 Å². The minimum atomic E-state index is 0.0896. The molecule has 2 heterocycles.